The highest BCUT2D eigenvalue weighted by Gasteiger charge is 2.22. The summed E-state index contributed by atoms with van der Waals surface area (Å²) in [6.07, 6.45) is 1.89. The molecule has 0 unspecified atom stereocenters. The summed E-state index contributed by atoms with van der Waals surface area (Å²) in [4.78, 5) is 30.0. The first-order valence-electron chi connectivity index (χ1n) is 8.52. The van der Waals surface area contributed by atoms with Gasteiger partial charge in [0.05, 0.1) is 0 Å². The lowest BCUT2D eigenvalue weighted by molar-refractivity contribution is 0.637. The predicted molar refractivity (Wildman–Crippen MR) is 136 cm³/mol. The third-order valence-corrected chi connectivity index (χ3v) is 6.66. The number of fused-ring (bicyclic) bond motifs is 3. The van der Waals surface area contributed by atoms with Gasteiger partial charge in [-0.15, -0.1) is 0 Å². The molecule has 3 aromatic heterocycles. The van der Waals surface area contributed by atoms with Gasteiger partial charge in [-0.1, -0.05) is 12.1 Å². The molecular formula is C18H16I3N5O2. The Kier molecular flexibility index (Phi) is 5.17. The maximum Gasteiger partial charge on any atom is 0.332 e. The van der Waals surface area contributed by atoms with Crippen molar-refractivity contribution in [1.29, 1.82) is 0 Å². The van der Waals surface area contributed by atoms with Gasteiger partial charge in [-0.05, 0) is 99.3 Å². The third kappa shape index (κ3) is 3.05. The van der Waals surface area contributed by atoms with E-state index in [1.54, 1.807) is 18.4 Å². The first-order chi connectivity index (χ1) is 13.1. The largest absolute Gasteiger partial charge is 0.332 e. The van der Waals surface area contributed by atoms with Crippen molar-refractivity contribution in [1.82, 2.24) is 23.1 Å². The quantitative estimate of drug-likeness (QED) is 0.239. The molecule has 0 radical (unpaired) electrons. The monoisotopic (exact) mass is 715 g/mol. The Balaban J connectivity index is 2.04. The number of aromatic nitrogens is 5. The van der Waals surface area contributed by atoms with Crippen molar-refractivity contribution in [2.24, 2.45) is 7.05 Å². The molecule has 0 atom stereocenters. The van der Waals surface area contributed by atoms with Gasteiger partial charge in [-0.2, -0.15) is 4.98 Å². The maximum absolute atomic E-state index is 12.9. The molecule has 0 N–H and O–H groups in total. The summed E-state index contributed by atoms with van der Waals surface area (Å²) < 4.78 is 6.44. The van der Waals surface area contributed by atoms with Crippen molar-refractivity contribution in [3.8, 4) is 5.69 Å². The van der Waals surface area contributed by atoms with E-state index in [0.717, 1.165) is 11.4 Å². The van der Waals surface area contributed by atoms with E-state index in [0.29, 0.717) is 23.5 Å². The molecule has 4 rings (SSSR count). The molecule has 0 amide bonds. The molecular weight excluding hydrogens is 699 g/mol. The standard InChI is InChI=1S/C18H16I3N5O2/c1-4-24-15(27)13-14(23(3)17(24)28)22-16-25(13)9-10(2)26(16)12-7-5-11(6-8-12)18(19,20)21/h5-9H,4H2,1-3H3. The highest BCUT2D eigenvalue weighted by atomic mass is 127. The van der Waals surface area contributed by atoms with E-state index in [1.165, 1.54) is 14.7 Å². The molecule has 0 saturated carbocycles. The van der Waals surface area contributed by atoms with E-state index < -0.39 is 0 Å². The zero-order valence-corrected chi connectivity index (χ0v) is 21.8. The summed E-state index contributed by atoms with van der Waals surface area (Å²) in [7, 11) is 1.65. The lowest BCUT2D eigenvalue weighted by Crippen LogP contribution is -2.38. The second-order valence-corrected chi connectivity index (χ2v) is 17.5. The Labute approximate surface area is 201 Å². The van der Waals surface area contributed by atoms with Crippen molar-refractivity contribution in [2.75, 3.05) is 0 Å². The van der Waals surface area contributed by atoms with Crippen LogP contribution in [0.4, 0.5) is 0 Å². The molecule has 0 aliphatic rings. The van der Waals surface area contributed by atoms with Gasteiger partial charge in [-0.3, -0.25) is 22.9 Å². The van der Waals surface area contributed by atoms with Gasteiger partial charge >= 0.3 is 5.69 Å². The molecule has 0 fully saturated rings. The molecule has 28 heavy (non-hydrogen) atoms. The summed E-state index contributed by atoms with van der Waals surface area (Å²) in [6.45, 7) is 4.09. The van der Waals surface area contributed by atoms with Gasteiger partial charge in [0, 0.05) is 31.2 Å². The summed E-state index contributed by atoms with van der Waals surface area (Å²) in [5, 5.41) is 0. The molecule has 146 valence electrons. The lowest BCUT2D eigenvalue weighted by Gasteiger charge is -2.14. The topological polar surface area (TPSA) is 66.2 Å². The number of benzene rings is 1. The zero-order chi connectivity index (χ0) is 20.4. The average molecular weight is 715 g/mol. The van der Waals surface area contributed by atoms with Crippen LogP contribution in [0.15, 0.2) is 40.1 Å². The number of aryl methyl sites for hydroxylation is 2. The van der Waals surface area contributed by atoms with Crippen LogP contribution in [0.25, 0.3) is 22.6 Å². The number of halogens is 3. The van der Waals surface area contributed by atoms with Crippen LogP contribution < -0.4 is 11.2 Å². The van der Waals surface area contributed by atoms with Crippen LogP contribution in [0.3, 0.4) is 0 Å². The summed E-state index contributed by atoms with van der Waals surface area (Å²) in [5.74, 6) is 0.617. The minimum absolute atomic E-state index is 0.0155. The molecule has 0 aliphatic carbocycles. The van der Waals surface area contributed by atoms with Gasteiger partial charge in [0.1, 0.15) is -0.565 Å². The number of rotatable bonds is 3. The van der Waals surface area contributed by atoms with E-state index in [9.17, 15) is 9.59 Å². The Bertz CT molecular complexity index is 1340. The van der Waals surface area contributed by atoms with E-state index >= 15 is 0 Å². The number of alkyl halides is 3. The van der Waals surface area contributed by atoms with Crippen molar-refractivity contribution >= 4 is 84.7 Å². The Morgan fingerprint density at radius 1 is 1.11 bits per heavy atom. The minimum atomic E-state index is -0.351. The average Bonchev–Trinajstić information content (AvgIpc) is 3.14. The van der Waals surface area contributed by atoms with Crippen LogP contribution in [0.5, 0.6) is 0 Å². The van der Waals surface area contributed by atoms with Crippen LogP contribution in [0, 0.1) is 6.92 Å². The number of hydrogen-bond donors (Lipinski definition) is 0. The SMILES string of the molecule is CCn1c(=O)c2c(nc3n(-c4ccc(C(I)(I)I)cc4)c(C)cn23)n(C)c1=O. The molecule has 10 heteroatoms. The van der Waals surface area contributed by atoms with E-state index in [2.05, 4.69) is 97.0 Å². The molecule has 0 spiro atoms. The Morgan fingerprint density at radius 2 is 1.75 bits per heavy atom. The van der Waals surface area contributed by atoms with Crippen LogP contribution in [-0.4, -0.2) is 23.1 Å². The van der Waals surface area contributed by atoms with Gasteiger partial charge in [0.2, 0.25) is 5.78 Å². The zero-order valence-electron chi connectivity index (χ0n) is 15.3. The van der Waals surface area contributed by atoms with Gasteiger partial charge in [0.15, 0.2) is 11.2 Å². The van der Waals surface area contributed by atoms with E-state index in [-0.39, 0.29) is 10.7 Å². The lowest BCUT2D eigenvalue weighted by atomic mass is 10.2. The molecule has 4 aromatic rings. The number of imidazole rings is 2. The van der Waals surface area contributed by atoms with Gasteiger partial charge in [0.25, 0.3) is 5.56 Å². The molecule has 7 nitrogen and oxygen atoms in total. The van der Waals surface area contributed by atoms with Crippen molar-refractivity contribution < 1.29 is 0 Å². The van der Waals surface area contributed by atoms with Crippen molar-refractivity contribution in [2.45, 2.75) is 19.8 Å². The minimum Gasteiger partial charge on any atom is -0.283 e. The fourth-order valence-corrected chi connectivity index (χ4v) is 4.49. The maximum atomic E-state index is 12.9. The smallest absolute Gasteiger partial charge is 0.283 e. The fourth-order valence-electron chi connectivity index (χ4n) is 3.41. The number of hydrogen-bond acceptors (Lipinski definition) is 3. The van der Waals surface area contributed by atoms with Crippen molar-refractivity contribution in [3.05, 3.63) is 62.6 Å². The normalized spacial score (nSPS) is 12.4. The molecule has 0 saturated heterocycles. The summed E-state index contributed by atoms with van der Waals surface area (Å²) in [6, 6.07) is 8.30. The predicted octanol–water partition coefficient (Wildman–Crippen LogP) is 3.88. The van der Waals surface area contributed by atoms with Crippen LogP contribution in [-0.2, 0) is 13.0 Å². The van der Waals surface area contributed by atoms with Gasteiger partial charge < -0.3 is 0 Å². The highest BCUT2D eigenvalue weighted by Crippen LogP contribution is 2.46. The van der Waals surface area contributed by atoms with Crippen LogP contribution >= 0.6 is 67.8 Å². The van der Waals surface area contributed by atoms with Crippen LogP contribution in [0.2, 0.25) is 0 Å². The Morgan fingerprint density at radius 3 is 2.32 bits per heavy atom. The van der Waals surface area contributed by atoms with Crippen LogP contribution in [0.1, 0.15) is 18.2 Å². The Hall–Kier alpha value is -0.900. The second kappa shape index (κ2) is 7.11. The third-order valence-electron chi connectivity index (χ3n) is 4.80. The second-order valence-electron chi connectivity index (χ2n) is 6.50. The highest BCUT2D eigenvalue weighted by molar-refractivity contribution is 14.3. The number of nitrogens with zero attached hydrogens (tertiary/aromatic N) is 5. The fraction of sp³-hybridized carbons (Fsp3) is 0.278. The summed E-state index contributed by atoms with van der Waals surface area (Å²) >= 11 is 7.19. The molecule has 0 aliphatic heterocycles. The van der Waals surface area contributed by atoms with E-state index in [1.807, 2.05) is 17.7 Å². The molecule has 3 heterocycles. The van der Waals surface area contributed by atoms with E-state index in [4.69, 9.17) is 0 Å². The molecule has 1 aromatic carbocycles. The summed E-state index contributed by atoms with van der Waals surface area (Å²) in [5.41, 5.74) is 3.27. The van der Waals surface area contributed by atoms with Crippen molar-refractivity contribution in [3.63, 3.8) is 0 Å². The first kappa shape index (κ1) is 20.4. The molecule has 0 bridgehead atoms. The van der Waals surface area contributed by atoms with Gasteiger partial charge in [-0.25, -0.2) is 4.79 Å². The first-order valence-corrected chi connectivity index (χ1v) is 11.8.